The topological polar surface area (TPSA) is 73.5 Å². The predicted octanol–water partition coefficient (Wildman–Crippen LogP) is 2.64. The molecule has 2 aromatic rings. The minimum atomic E-state index is -0.668. The van der Waals surface area contributed by atoms with Crippen LogP contribution in [0.3, 0.4) is 0 Å². The maximum atomic E-state index is 13.6. The first kappa shape index (κ1) is 15.2. The standard InChI is InChI=1S/C16H12BrFN2O4/c1-20-14-13(16(22)24-20)11(7-2-3-9(18)8(17)6-7)12-10(19-14)4-5-23-15(12)21/h2-3,6,11,19H,4-5H2,1H3. The molecule has 1 atom stereocenters. The molecule has 0 spiro atoms. The molecule has 0 radical (unpaired) electrons. The van der Waals surface area contributed by atoms with Crippen molar-refractivity contribution in [2.24, 2.45) is 7.05 Å². The number of cyclic esters (lactones) is 1. The number of carbonyl (C=O) groups excluding carboxylic acids is 1. The Kier molecular flexibility index (Phi) is 3.38. The average molecular weight is 395 g/mol. The van der Waals surface area contributed by atoms with Crippen molar-refractivity contribution in [2.75, 3.05) is 11.9 Å². The Morgan fingerprint density at radius 2 is 2.17 bits per heavy atom. The van der Waals surface area contributed by atoms with Crippen LogP contribution in [0.1, 0.15) is 23.5 Å². The third kappa shape index (κ3) is 2.13. The maximum Gasteiger partial charge on any atom is 0.363 e. The van der Waals surface area contributed by atoms with E-state index in [0.29, 0.717) is 34.6 Å². The summed E-state index contributed by atoms with van der Waals surface area (Å²) in [5.74, 6) is -1.08. The van der Waals surface area contributed by atoms with E-state index in [1.807, 2.05) is 0 Å². The third-order valence-corrected chi connectivity index (χ3v) is 4.87. The van der Waals surface area contributed by atoms with E-state index in [4.69, 9.17) is 9.26 Å². The summed E-state index contributed by atoms with van der Waals surface area (Å²) < 4.78 is 25.5. The summed E-state index contributed by atoms with van der Waals surface area (Å²) >= 11 is 3.15. The molecule has 0 saturated carbocycles. The Morgan fingerprint density at radius 3 is 2.92 bits per heavy atom. The van der Waals surface area contributed by atoms with Crippen LogP contribution in [0, 0.1) is 5.82 Å². The minimum absolute atomic E-state index is 0.256. The van der Waals surface area contributed by atoms with Gasteiger partial charge in [-0.25, -0.2) is 14.0 Å². The first-order chi connectivity index (χ1) is 11.5. The Hall–Kier alpha value is -2.35. The highest BCUT2D eigenvalue weighted by Crippen LogP contribution is 2.43. The molecule has 0 aliphatic carbocycles. The number of fused-ring (bicyclic) bond motifs is 1. The number of hydrogen-bond acceptors (Lipinski definition) is 5. The van der Waals surface area contributed by atoms with Crippen molar-refractivity contribution in [3.8, 4) is 0 Å². The van der Waals surface area contributed by atoms with Gasteiger partial charge in [0.05, 0.1) is 28.1 Å². The van der Waals surface area contributed by atoms with E-state index < -0.39 is 23.3 Å². The second kappa shape index (κ2) is 5.34. The Morgan fingerprint density at radius 1 is 1.38 bits per heavy atom. The largest absolute Gasteiger partial charge is 0.462 e. The molecule has 124 valence electrons. The van der Waals surface area contributed by atoms with Gasteiger partial charge in [0.2, 0.25) is 0 Å². The lowest BCUT2D eigenvalue weighted by molar-refractivity contribution is -0.140. The van der Waals surface area contributed by atoms with Gasteiger partial charge >= 0.3 is 11.6 Å². The van der Waals surface area contributed by atoms with E-state index in [1.165, 1.54) is 10.8 Å². The molecule has 6 nitrogen and oxygen atoms in total. The number of rotatable bonds is 1. The quantitative estimate of drug-likeness (QED) is 0.752. The van der Waals surface area contributed by atoms with Crippen LogP contribution in [0.25, 0.3) is 0 Å². The molecule has 2 aliphatic rings. The van der Waals surface area contributed by atoms with Gasteiger partial charge in [0.1, 0.15) is 5.82 Å². The van der Waals surface area contributed by atoms with Gasteiger partial charge in [-0.1, -0.05) is 6.07 Å². The fourth-order valence-corrected chi connectivity index (χ4v) is 3.60. The summed E-state index contributed by atoms with van der Waals surface area (Å²) in [5, 5.41) is 3.11. The smallest absolute Gasteiger partial charge is 0.363 e. The van der Waals surface area contributed by atoms with E-state index in [0.717, 1.165) is 0 Å². The van der Waals surface area contributed by atoms with Crippen molar-refractivity contribution >= 4 is 27.7 Å². The number of halogens is 2. The summed E-state index contributed by atoms with van der Waals surface area (Å²) in [6.07, 6.45) is 0.513. The van der Waals surface area contributed by atoms with Crippen LogP contribution in [0.4, 0.5) is 10.2 Å². The number of nitrogens with one attached hydrogen (secondary N) is 1. The zero-order chi connectivity index (χ0) is 17.0. The molecule has 8 heteroatoms. The van der Waals surface area contributed by atoms with E-state index in [-0.39, 0.29) is 11.1 Å². The second-order valence-electron chi connectivity index (χ2n) is 5.65. The van der Waals surface area contributed by atoms with Crippen LogP contribution in [-0.2, 0) is 16.6 Å². The molecule has 0 fully saturated rings. The van der Waals surface area contributed by atoms with Crippen LogP contribution in [0.15, 0.2) is 43.3 Å². The number of hydrogen-bond donors (Lipinski definition) is 1. The summed E-state index contributed by atoms with van der Waals surface area (Å²) in [6.45, 7) is 0.269. The number of aromatic nitrogens is 1. The van der Waals surface area contributed by atoms with Crippen molar-refractivity contribution in [3.05, 3.63) is 61.3 Å². The number of benzene rings is 1. The molecule has 3 heterocycles. The number of aryl methyl sites for hydroxylation is 1. The van der Waals surface area contributed by atoms with E-state index >= 15 is 0 Å². The Balaban J connectivity index is 2.00. The van der Waals surface area contributed by atoms with Crippen molar-refractivity contribution < 1.29 is 18.4 Å². The van der Waals surface area contributed by atoms with Crippen molar-refractivity contribution in [1.82, 2.24) is 4.74 Å². The predicted molar refractivity (Wildman–Crippen MR) is 86.1 cm³/mol. The molecule has 1 N–H and O–H groups in total. The maximum absolute atomic E-state index is 13.6. The molecule has 24 heavy (non-hydrogen) atoms. The summed E-state index contributed by atoms with van der Waals surface area (Å²) in [7, 11) is 1.61. The van der Waals surface area contributed by atoms with Gasteiger partial charge in [-0.05, 0) is 33.6 Å². The number of anilines is 1. The zero-order valence-electron chi connectivity index (χ0n) is 12.6. The zero-order valence-corrected chi connectivity index (χ0v) is 14.1. The highest BCUT2D eigenvalue weighted by atomic mass is 79.9. The van der Waals surface area contributed by atoms with E-state index in [9.17, 15) is 14.0 Å². The lowest BCUT2D eigenvalue weighted by atomic mass is 9.81. The molecular formula is C16H12BrFN2O4. The normalized spacial score (nSPS) is 19.5. The first-order valence-electron chi connectivity index (χ1n) is 7.29. The lowest BCUT2D eigenvalue weighted by Crippen LogP contribution is -2.31. The van der Waals surface area contributed by atoms with Gasteiger partial charge in [0.25, 0.3) is 0 Å². The highest BCUT2D eigenvalue weighted by molar-refractivity contribution is 9.10. The van der Waals surface area contributed by atoms with Gasteiger partial charge in [-0.3, -0.25) is 0 Å². The molecule has 1 aromatic carbocycles. The van der Waals surface area contributed by atoms with Crippen molar-refractivity contribution in [3.63, 3.8) is 0 Å². The number of nitrogens with zero attached hydrogens (tertiary/aromatic N) is 1. The minimum Gasteiger partial charge on any atom is -0.462 e. The molecule has 2 aliphatic heterocycles. The van der Waals surface area contributed by atoms with Crippen LogP contribution in [0.2, 0.25) is 0 Å². The fraction of sp³-hybridized carbons (Fsp3) is 0.250. The first-order valence-corrected chi connectivity index (χ1v) is 8.09. The molecule has 4 rings (SSSR count). The lowest BCUT2D eigenvalue weighted by Gasteiger charge is -2.31. The Labute approximate surface area is 144 Å². The SMILES string of the molecule is Cn1oc(=O)c2c1NC1=C(C(=O)OCC1)C2c1ccc(F)c(Br)c1. The molecule has 1 aromatic heterocycles. The number of esters is 1. The van der Waals surface area contributed by atoms with Crippen LogP contribution < -0.4 is 10.9 Å². The molecule has 1 unspecified atom stereocenters. The molecule has 0 amide bonds. The third-order valence-electron chi connectivity index (χ3n) is 4.26. The van der Waals surface area contributed by atoms with E-state index in [1.54, 1.807) is 19.2 Å². The Bertz CT molecular complexity index is 959. The average Bonchev–Trinajstić information content (AvgIpc) is 2.83. The molecule has 0 bridgehead atoms. The van der Waals surface area contributed by atoms with Crippen molar-refractivity contribution in [2.45, 2.75) is 12.3 Å². The number of carbonyl (C=O) groups is 1. The summed E-state index contributed by atoms with van der Waals surface area (Å²) in [4.78, 5) is 24.7. The van der Waals surface area contributed by atoms with Crippen LogP contribution in [0.5, 0.6) is 0 Å². The van der Waals surface area contributed by atoms with Crippen LogP contribution >= 0.6 is 15.9 Å². The summed E-state index contributed by atoms with van der Waals surface area (Å²) in [5.41, 5.74) is 1.44. The molecule has 0 saturated heterocycles. The van der Waals surface area contributed by atoms with Crippen LogP contribution in [-0.4, -0.2) is 17.3 Å². The van der Waals surface area contributed by atoms with Gasteiger partial charge in [0.15, 0.2) is 5.82 Å². The van der Waals surface area contributed by atoms with Gasteiger partial charge < -0.3 is 14.6 Å². The summed E-state index contributed by atoms with van der Waals surface area (Å²) in [6, 6.07) is 4.41. The fourth-order valence-electron chi connectivity index (χ4n) is 3.20. The number of ether oxygens (including phenoxy) is 1. The van der Waals surface area contributed by atoms with Crippen molar-refractivity contribution in [1.29, 1.82) is 0 Å². The highest BCUT2D eigenvalue weighted by Gasteiger charge is 2.40. The van der Waals surface area contributed by atoms with Gasteiger partial charge in [0, 0.05) is 19.2 Å². The second-order valence-corrected chi connectivity index (χ2v) is 6.50. The van der Waals surface area contributed by atoms with Gasteiger partial charge in [-0.2, -0.15) is 4.74 Å². The van der Waals surface area contributed by atoms with Gasteiger partial charge in [-0.15, -0.1) is 0 Å². The molecular weight excluding hydrogens is 383 g/mol. The monoisotopic (exact) mass is 394 g/mol. The van der Waals surface area contributed by atoms with E-state index in [2.05, 4.69) is 21.2 Å².